The van der Waals surface area contributed by atoms with E-state index >= 15 is 0 Å². The fourth-order valence-corrected chi connectivity index (χ4v) is 3.42. The molecular formula is C22H20BrN5O2. The summed E-state index contributed by atoms with van der Waals surface area (Å²) in [6.45, 7) is 1.84. The minimum atomic E-state index is -0.352. The van der Waals surface area contributed by atoms with Crippen molar-refractivity contribution in [1.82, 2.24) is 15.6 Å². The quantitative estimate of drug-likeness (QED) is 0.462. The molecule has 0 bridgehead atoms. The van der Waals surface area contributed by atoms with Crippen LogP contribution >= 0.6 is 15.9 Å². The zero-order valence-corrected chi connectivity index (χ0v) is 17.6. The highest BCUT2D eigenvalue weighted by molar-refractivity contribution is 9.10. The molecule has 30 heavy (non-hydrogen) atoms. The van der Waals surface area contributed by atoms with Gasteiger partial charge in [-0.2, -0.15) is 0 Å². The first kappa shape index (κ1) is 20.2. The molecule has 1 aliphatic rings. The van der Waals surface area contributed by atoms with Crippen molar-refractivity contribution in [1.29, 1.82) is 0 Å². The molecule has 2 heterocycles. The van der Waals surface area contributed by atoms with E-state index in [1.165, 1.54) is 0 Å². The van der Waals surface area contributed by atoms with Crippen LogP contribution in [-0.2, 0) is 0 Å². The van der Waals surface area contributed by atoms with Crippen molar-refractivity contribution in [2.45, 2.75) is 6.17 Å². The van der Waals surface area contributed by atoms with Gasteiger partial charge in [0.15, 0.2) is 0 Å². The summed E-state index contributed by atoms with van der Waals surface area (Å²) in [6.07, 6.45) is 1.71. The Morgan fingerprint density at radius 1 is 0.900 bits per heavy atom. The van der Waals surface area contributed by atoms with Crippen LogP contribution in [0.2, 0.25) is 0 Å². The molecule has 0 spiro atoms. The Hall–Kier alpha value is -3.07. The average Bonchev–Trinajstić information content (AvgIpc) is 3.31. The lowest BCUT2D eigenvalue weighted by atomic mass is 10.1. The van der Waals surface area contributed by atoms with Gasteiger partial charge in [-0.25, -0.2) is 4.98 Å². The highest BCUT2D eigenvalue weighted by atomic mass is 79.9. The van der Waals surface area contributed by atoms with Gasteiger partial charge in [0.05, 0.1) is 17.4 Å². The van der Waals surface area contributed by atoms with Crippen LogP contribution in [0.4, 0.5) is 11.5 Å². The second-order valence-corrected chi connectivity index (χ2v) is 7.69. The molecule has 0 saturated carbocycles. The van der Waals surface area contributed by atoms with E-state index in [4.69, 9.17) is 0 Å². The highest BCUT2D eigenvalue weighted by Gasteiger charge is 2.17. The minimum absolute atomic E-state index is 0.110. The summed E-state index contributed by atoms with van der Waals surface area (Å²) in [7, 11) is 0. The number of hydrogen-bond donors (Lipinski definition) is 4. The van der Waals surface area contributed by atoms with Gasteiger partial charge in [0.25, 0.3) is 11.8 Å². The second kappa shape index (κ2) is 9.17. The molecule has 4 N–H and O–H groups in total. The van der Waals surface area contributed by atoms with Crippen LogP contribution in [0.5, 0.6) is 0 Å². The summed E-state index contributed by atoms with van der Waals surface area (Å²) in [5.41, 5.74) is 2.37. The van der Waals surface area contributed by atoms with Gasteiger partial charge in [0.2, 0.25) is 0 Å². The molecule has 152 valence electrons. The molecule has 1 fully saturated rings. The molecule has 0 aliphatic carbocycles. The van der Waals surface area contributed by atoms with E-state index in [1.54, 1.807) is 54.7 Å². The van der Waals surface area contributed by atoms with Crippen molar-refractivity contribution < 1.29 is 9.59 Å². The maximum absolute atomic E-state index is 12.7. The predicted octanol–water partition coefficient (Wildman–Crippen LogP) is 3.54. The first-order valence-corrected chi connectivity index (χ1v) is 10.3. The summed E-state index contributed by atoms with van der Waals surface area (Å²) in [5, 5.41) is 12.3. The lowest BCUT2D eigenvalue weighted by Gasteiger charge is -2.13. The van der Waals surface area contributed by atoms with Crippen molar-refractivity contribution in [3.63, 3.8) is 0 Å². The van der Waals surface area contributed by atoms with E-state index in [9.17, 15) is 9.59 Å². The van der Waals surface area contributed by atoms with Gasteiger partial charge >= 0.3 is 0 Å². The van der Waals surface area contributed by atoms with Crippen molar-refractivity contribution in [2.75, 3.05) is 23.7 Å². The van der Waals surface area contributed by atoms with Crippen LogP contribution in [-0.4, -0.2) is 29.9 Å². The average molecular weight is 466 g/mol. The number of benzene rings is 2. The minimum Gasteiger partial charge on any atom is -0.321 e. The predicted molar refractivity (Wildman–Crippen MR) is 119 cm³/mol. The van der Waals surface area contributed by atoms with Crippen LogP contribution in [0.3, 0.4) is 0 Å². The van der Waals surface area contributed by atoms with Gasteiger partial charge < -0.3 is 10.6 Å². The summed E-state index contributed by atoms with van der Waals surface area (Å²) in [6, 6.07) is 17.7. The summed E-state index contributed by atoms with van der Waals surface area (Å²) in [4.78, 5) is 29.6. The van der Waals surface area contributed by atoms with Gasteiger partial charge in [0, 0.05) is 29.3 Å². The van der Waals surface area contributed by atoms with Gasteiger partial charge in [-0.1, -0.05) is 24.3 Å². The fraction of sp³-hybridized carbons (Fsp3) is 0.136. The van der Waals surface area contributed by atoms with E-state index in [1.807, 2.05) is 12.1 Å². The molecule has 1 aliphatic heterocycles. The smallest absolute Gasteiger partial charge is 0.258 e. The fourth-order valence-electron chi connectivity index (χ4n) is 3.19. The first-order valence-electron chi connectivity index (χ1n) is 9.50. The Morgan fingerprint density at radius 2 is 1.63 bits per heavy atom. The summed E-state index contributed by atoms with van der Waals surface area (Å²) < 4.78 is 0.818. The maximum Gasteiger partial charge on any atom is 0.258 e. The molecule has 2 amide bonds. The molecular weight excluding hydrogens is 446 g/mol. The molecule has 4 rings (SSSR count). The number of carbonyl (C=O) groups is 2. The first-order chi connectivity index (χ1) is 14.6. The zero-order chi connectivity index (χ0) is 20.9. The number of amides is 2. The number of carbonyl (C=O) groups excluding carboxylic acids is 2. The zero-order valence-electron chi connectivity index (χ0n) is 16.0. The van der Waals surface area contributed by atoms with Crippen LogP contribution in [0.25, 0.3) is 0 Å². The lowest BCUT2D eigenvalue weighted by Crippen LogP contribution is -2.21. The SMILES string of the molecule is O=C(Nc1ccccc1C(=O)Nc1ccc(Br)cn1)c1ccc(C2NCCN2)cc1. The third-order valence-corrected chi connectivity index (χ3v) is 5.19. The van der Waals surface area contributed by atoms with E-state index in [0.29, 0.717) is 22.6 Å². The Kier molecular flexibility index (Phi) is 6.18. The number of para-hydroxylation sites is 1. The molecule has 0 radical (unpaired) electrons. The van der Waals surface area contributed by atoms with Crippen LogP contribution in [0, 0.1) is 0 Å². The van der Waals surface area contributed by atoms with Crippen molar-refractivity contribution in [3.05, 3.63) is 88.0 Å². The molecule has 1 aromatic heterocycles. The molecule has 1 saturated heterocycles. The number of nitrogens with zero attached hydrogens (tertiary/aromatic N) is 1. The molecule has 0 unspecified atom stereocenters. The van der Waals surface area contributed by atoms with E-state index in [0.717, 1.165) is 23.1 Å². The largest absolute Gasteiger partial charge is 0.321 e. The molecule has 0 atom stereocenters. The van der Waals surface area contributed by atoms with Gasteiger partial charge in [-0.3, -0.25) is 20.2 Å². The van der Waals surface area contributed by atoms with Crippen LogP contribution in [0.1, 0.15) is 32.4 Å². The van der Waals surface area contributed by atoms with Crippen molar-refractivity contribution in [3.8, 4) is 0 Å². The third kappa shape index (κ3) is 4.73. The number of nitrogens with one attached hydrogen (secondary N) is 4. The van der Waals surface area contributed by atoms with E-state index < -0.39 is 0 Å². The third-order valence-electron chi connectivity index (χ3n) is 4.72. The number of aromatic nitrogens is 1. The normalized spacial score (nSPS) is 13.8. The molecule has 8 heteroatoms. The Labute approximate surface area is 182 Å². The van der Waals surface area contributed by atoms with E-state index in [2.05, 4.69) is 42.2 Å². The maximum atomic E-state index is 12.7. The standard InChI is InChI=1S/C22H20BrN5O2/c23-16-9-10-19(26-13-16)28-22(30)17-3-1-2-4-18(17)27-21(29)15-7-5-14(6-8-15)20-24-11-12-25-20/h1-10,13,20,24-25H,11-12H2,(H,27,29)(H,26,28,30). The van der Waals surface area contributed by atoms with Crippen molar-refractivity contribution >= 4 is 39.2 Å². The number of hydrogen-bond acceptors (Lipinski definition) is 5. The lowest BCUT2D eigenvalue weighted by molar-refractivity contribution is 0.102. The summed E-state index contributed by atoms with van der Waals surface area (Å²) in [5.74, 6) is -0.209. The topological polar surface area (TPSA) is 95.2 Å². The molecule has 3 aromatic rings. The monoisotopic (exact) mass is 465 g/mol. The van der Waals surface area contributed by atoms with Gasteiger partial charge in [0.1, 0.15) is 5.82 Å². The van der Waals surface area contributed by atoms with Crippen molar-refractivity contribution in [2.24, 2.45) is 0 Å². The van der Waals surface area contributed by atoms with Gasteiger partial charge in [-0.15, -0.1) is 0 Å². The van der Waals surface area contributed by atoms with Gasteiger partial charge in [-0.05, 0) is 57.9 Å². The highest BCUT2D eigenvalue weighted by Crippen LogP contribution is 2.20. The van der Waals surface area contributed by atoms with Crippen LogP contribution in [0.15, 0.2) is 71.3 Å². The number of halogens is 1. The number of anilines is 2. The Bertz CT molecular complexity index is 1050. The van der Waals surface area contributed by atoms with E-state index in [-0.39, 0.29) is 18.0 Å². The Morgan fingerprint density at radius 3 is 2.33 bits per heavy atom. The Balaban J connectivity index is 1.47. The summed E-state index contributed by atoms with van der Waals surface area (Å²) >= 11 is 3.31. The second-order valence-electron chi connectivity index (χ2n) is 6.78. The number of pyridine rings is 1. The molecule has 2 aromatic carbocycles. The molecule has 7 nitrogen and oxygen atoms in total. The van der Waals surface area contributed by atoms with Crippen LogP contribution < -0.4 is 21.3 Å². The number of rotatable bonds is 5.